The van der Waals surface area contributed by atoms with Crippen molar-refractivity contribution < 1.29 is 0 Å². The Morgan fingerprint density at radius 1 is 0.880 bits per heavy atom. The third-order valence-electron chi connectivity index (χ3n) is 5.39. The number of guanidine groups is 1. The topological polar surface area (TPSA) is 34.1 Å². The number of unbranched alkanes of at least 4 members (excludes halogenated alkanes) is 2. The summed E-state index contributed by atoms with van der Waals surface area (Å²) in [6.45, 7) is 15.4. The van der Waals surface area contributed by atoms with E-state index in [2.05, 4.69) is 38.9 Å². The Morgan fingerprint density at radius 2 is 1.60 bits per heavy atom. The fourth-order valence-corrected chi connectivity index (χ4v) is 4.01. The van der Waals surface area contributed by atoms with E-state index in [-0.39, 0.29) is 0 Å². The van der Waals surface area contributed by atoms with Crippen molar-refractivity contribution in [2.24, 2.45) is 10.9 Å². The van der Waals surface area contributed by atoms with Gasteiger partial charge in [-0.3, -0.25) is 9.89 Å². The summed E-state index contributed by atoms with van der Waals surface area (Å²) < 4.78 is 0. The molecule has 2 fully saturated rings. The van der Waals surface area contributed by atoms with Gasteiger partial charge in [-0.15, -0.1) is 0 Å². The van der Waals surface area contributed by atoms with Gasteiger partial charge < -0.3 is 15.1 Å². The van der Waals surface area contributed by atoms with Crippen LogP contribution in [0.1, 0.15) is 52.4 Å². The van der Waals surface area contributed by atoms with Crippen LogP contribution in [0.15, 0.2) is 4.99 Å². The summed E-state index contributed by atoms with van der Waals surface area (Å²) in [6, 6.07) is 0. The molecule has 2 aliphatic heterocycles. The molecule has 0 aromatic carbocycles. The van der Waals surface area contributed by atoms with Gasteiger partial charge in [0.25, 0.3) is 0 Å². The molecule has 0 aromatic heterocycles. The van der Waals surface area contributed by atoms with E-state index in [1.165, 1.54) is 64.7 Å². The summed E-state index contributed by atoms with van der Waals surface area (Å²) >= 11 is 0. The van der Waals surface area contributed by atoms with Crippen LogP contribution in [0, 0.1) is 5.92 Å². The van der Waals surface area contributed by atoms with Crippen LogP contribution in [0.4, 0.5) is 0 Å². The van der Waals surface area contributed by atoms with Crippen molar-refractivity contribution in [1.29, 1.82) is 0 Å². The van der Waals surface area contributed by atoms with Crippen molar-refractivity contribution in [1.82, 2.24) is 20.0 Å². The van der Waals surface area contributed by atoms with Crippen molar-refractivity contribution in [3.63, 3.8) is 0 Å². The van der Waals surface area contributed by atoms with Crippen LogP contribution in [0.3, 0.4) is 0 Å². The van der Waals surface area contributed by atoms with E-state index in [0.717, 1.165) is 44.6 Å². The molecule has 1 N–H and O–H groups in total. The third-order valence-corrected chi connectivity index (χ3v) is 5.39. The Bertz CT molecular complexity index is 368. The molecule has 0 aliphatic carbocycles. The summed E-state index contributed by atoms with van der Waals surface area (Å²) in [5, 5.41) is 3.58. The number of aliphatic imine (C=N–C) groups is 1. The van der Waals surface area contributed by atoms with Gasteiger partial charge in [0.15, 0.2) is 5.96 Å². The maximum absolute atomic E-state index is 4.49. The standard InChI is InChI=1S/C20H41N5/c1-19(2)18-24-14-16-25(17-15-24)20(21-3)22-10-6-4-7-11-23-12-8-5-9-13-23/h19H,4-18H2,1-3H3,(H,21,22). The first-order valence-electron chi connectivity index (χ1n) is 10.6. The maximum atomic E-state index is 4.49. The lowest BCUT2D eigenvalue weighted by Gasteiger charge is -2.37. The van der Waals surface area contributed by atoms with Gasteiger partial charge in [0, 0.05) is 46.3 Å². The van der Waals surface area contributed by atoms with E-state index in [0.29, 0.717) is 0 Å². The highest BCUT2D eigenvalue weighted by Gasteiger charge is 2.19. The minimum absolute atomic E-state index is 0.758. The predicted molar refractivity (Wildman–Crippen MR) is 108 cm³/mol. The van der Waals surface area contributed by atoms with Crippen LogP contribution < -0.4 is 5.32 Å². The zero-order valence-electron chi connectivity index (χ0n) is 17.0. The lowest BCUT2D eigenvalue weighted by Crippen LogP contribution is -2.53. The molecule has 2 heterocycles. The van der Waals surface area contributed by atoms with E-state index in [4.69, 9.17) is 0 Å². The molecule has 5 heteroatoms. The van der Waals surface area contributed by atoms with Gasteiger partial charge in [0.1, 0.15) is 0 Å². The van der Waals surface area contributed by atoms with E-state index >= 15 is 0 Å². The number of piperidine rings is 1. The number of hydrogen-bond acceptors (Lipinski definition) is 3. The molecule has 0 bridgehead atoms. The SMILES string of the molecule is CN=C(NCCCCCN1CCCCC1)N1CCN(CC(C)C)CC1. The van der Waals surface area contributed by atoms with Gasteiger partial charge in [-0.05, 0) is 51.2 Å². The number of rotatable bonds is 8. The summed E-state index contributed by atoms with van der Waals surface area (Å²) in [5.41, 5.74) is 0. The highest BCUT2D eigenvalue weighted by molar-refractivity contribution is 5.79. The van der Waals surface area contributed by atoms with Gasteiger partial charge in [-0.25, -0.2) is 0 Å². The number of hydrogen-bond donors (Lipinski definition) is 1. The molecule has 0 atom stereocenters. The minimum Gasteiger partial charge on any atom is -0.356 e. The molecule has 2 saturated heterocycles. The Morgan fingerprint density at radius 3 is 2.24 bits per heavy atom. The molecular formula is C20H41N5. The Balaban J connectivity index is 1.53. The summed E-state index contributed by atoms with van der Waals surface area (Å²) in [4.78, 5) is 12.1. The molecule has 0 unspecified atom stereocenters. The maximum Gasteiger partial charge on any atom is 0.193 e. The summed E-state index contributed by atoms with van der Waals surface area (Å²) in [7, 11) is 1.92. The third kappa shape index (κ3) is 7.95. The molecule has 25 heavy (non-hydrogen) atoms. The number of nitrogens with one attached hydrogen (secondary N) is 1. The second-order valence-corrected chi connectivity index (χ2v) is 8.12. The van der Waals surface area contributed by atoms with Gasteiger partial charge >= 0.3 is 0 Å². The second-order valence-electron chi connectivity index (χ2n) is 8.12. The van der Waals surface area contributed by atoms with E-state index in [9.17, 15) is 0 Å². The number of likely N-dealkylation sites (tertiary alicyclic amines) is 1. The highest BCUT2D eigenvalue weighted by Crippen LogP contribution is 2.10. The highest BCUT2D eigenvalue weighted by atomic mass is 15.3. The average Bonchev–Trinajstić information content (AvgIpc) is 2.62. The molecule has 2 rings (SSSR count). The van der Waals surface area contributed by atoms with Crippen molar-refractivity contribution in [2.45, 2.75) is 52.4 Å². The van der Waals surface area contributed by atoms with Gasteiger partial charge in [-0.1, -0.05) is 26.7 Å². The zero-order chi connectivity index (χ0) is 17.9. The minimum atomic E-state index is 0.758. The van der Waals surface area contributed by atoms with E-state index in [1.54, 1.807) is 0 Å². The molecule has 146 valence electrons. The van der Waals surface area contributed by atoms with E-state index < -0.39 is 0 Å². The largest absolute Gasteiger partial charge is 0.356 e. The first-order valence-corrected chi connectivity index (χ1v) is 10.6. The lowest BCUT2D eigenvalue weighted by atomic mass is 10.1. The van der Waals surface area contributed by atoms with Crippen LogP contribution >= 0.6 is 0 Å². The van der Waals surface area contributed by atoms with Crippen molar-refractivity contribution in [2.75, 3.05) is 66.0 Å². The Kier molecular flexibility index (Phi) is 9.63. The Hall–Kier alpha value is -0.810. The van der Waals surface area contributed by atoms with Crippen LogP contribution in [-0.2, 0) is 0 Å². The first kappa shape index (κ1) is 20.5. The molecule has 0 radical (unpaired) electrons. The van der Waals surface area contributed by atoms with Crippen LogP contribution in [0.5, 0.6) is 0 Å². The van der Waals surface area contributed by atoms with Crippen molar-refractivity contribution >= 4 is 5.96 Å². The Labute approximate surface area is 155 Å². The van der Waals surface area contributed by atoms with Crippen LogP contribution in [0.25, 0.3) is 0 Å². The summed E-state index contributed by atoms with van der Waals surface area (Å²) in [6.07, 6.45) is 8.16. The van der Waals surface area contributed by atoms with Gasteiger partial charge in [0.2, 0.25) is 0 Å². The van der Waals surface area contributed by atoms with Crippen LogP contribution in [-0.4, -0.2) is 86.6 Å². The monoisotopic (exact) mass is 351 g/mol. The smallest absolute Gasteiger partial charge is 0.193 e. The predicted octanol–water partition coefficient (Wildman–Crippen LogP) is 2.49. The molecule has 0 saturated carbocycles. The number of piperazine rings is 1. The van der Waals surface area contributed by atoms with Gasteiger partial charge in [-0.2, -0.15) is 0 Å². The molecule has 5 nitrogen and oxygen atoms in total. The molecular weight excluding hydrogens is 310 g/mol. The molecule has 0 spiro atoms. The van der Waals surface area contributed by atoms with Crippen LogP contribution in [0.2, 0.25) is 0 Å². The summed E-state index contributed by atoms with van der Waals surface area (Å²) in [5.74, 6) is 1.86. The second kappa shape index (κ2) is 11.7. The molecule has 2 aliphatic rings. The fraction of sp³-hybridized carbons (Fsp3) is 0.950. The first-order chi connectivity index (χ1) is 12.2. The average molecular weight is 352 g/mol. The lowest BCUT2D eigenvalue weighted by molar-refractivity contribution is 0.164. The zero-order valence-corrected chi connectivity index (χ0v) is 17.0. The molecule has 0 amide bonds. The van der Waals surface area contributed by atoms with E-state index in [1.807, 2.05) is 7.05 Å². The fourth-order valence-electron chi connectivity index (χ4n) is 4.01. The van der Waals surface area contributed by atoms with Gasteiger partial charge in [0.05, 0.1) is 0 Å². The quantitative estimate of drug-likeness (QED) is 0.414. The van der Waals surface area contributed by atoms with Crippen molar-refractivity contribution in [3.05, 3.63) is 0 Å². The number of nitrogens with zero attached hydrogens (tertiary/aromatic N) is 4. The van der Waals surface area contributed by atoms with Crippen molar-refractivity contribution in [3.8, 4) is 0 Å². The normalized spacial score (nSPS) is 21.1. The molecule has 0 aromatic rings.